The van der Waals surface area contributed by atoms with E-state index in [9.17, 15) is 8.42 Å². The highest BCUT2D eigenvalue weighted by Crippen LogP contribution is 2.26. The van der Waals surface area contributed by atoms with Gasteiger partial charge in [-0.1, -0.05) is 19.8 Å². The van der Waals surface area contributed by atoms with Gasteiger partial charge in [-0.05, 0) is 30.9 Å². The highest BCUT2D eigenvalue weighted by atomic mass is 32.2. The Labute approximate surface area is 138 Å². The van der Waals surface area contributed by atoms with Crippen LogP contribution in [-0.2, 0) is 14.8 Å². The van der Waals surface area contributed by atoms with Gasteiger partial charge in [0.2, 0.25) is 10.0 Å². The maximum absolute atomic E-state index is 12.6. The van der Waals surface area contributed by atoms with E-state index < -0.39 is 10.0 Å². The van der Waals surface area contributed by atoms with Crippen molar-refractivity contribution in [3.8, 4) is 0 Å². The molecule has 3 rings (SSSR count). The molecule has 2 aliphatic rings. The number of nitrogens with zero attached hydrogens (tertiary/aromatic N) is 2. The van der Waals surface area contributed by atoms with Crippen LogP contribution in [0.25, 0.3) is 0 Å². The second-order valence-electron chi connectivity index (χ2n) is 6.41. The summed E-state index contributed by atoms with van der Waals surface area (Å²) in [5.41, 5.74) is 0. The predicted octanol–water partition coefficient (Wildman–Crippen LogP) is 2.09. The summed E-state index contributed by atoms with van der Waals surface area (Å²) in [5.74, 6) is 1.38. The summed E-state index contributed by atoms with van der Waals surface area (Å²) < 4.78 is 31.8. The van der Waals surface area contributed by atoms with Crippen LogP contribution in [0, 0.1) is 5.92 Å². The standard InChI is InChI=1S/C16H25N3O3S/c1-13-4-2-3-5-15(13)18-16-7-6-14(12-17-16)23(20,21)19-8-10-22-11-9-19/h6-7,12-13,15H,2-5,8-11H2,1H3,(H,17,18)/t13-,15-/m1/s1. The van der Waals surface area contributed by atoms with Gasteiger partial charge in [-0.3, -0.25) is 0 Å². The average molecular weight is 339 g/mol. The zero-order chi connectivity index (χ0) is 16.3. The van der Waals surface area contributed by atoms with Crippen molar-refractivity contribution in [2.24, 2.45) is 5.92 Å². The lowest BCUT2D eigenvalue weighted by Crippen LogP contribution is -2.40. The number of rotatable bonds is 4. The van der Waals surface area contributed by atoms with Gasteiger partial charge < -0.3 is 10.1 Å². The van der Waals surface area contributed by atoms with E-state index in [1.165, 1.54) is 29.8 Å². The number of pyridine rings is 1. The van der Waals surface area contributed by atoms with E-state index in [0.29, 0.717) is 38.3 Å². The molecule has 6 nitrogen and oxygen atoms in total. The summed E-state index contributed by atoms with van der Waals surface area (Å²) in [6.45, 7) is 3.97. The van der Waals surface area contributed by atoms with Crippen molar-refractivity contribution in [2.75, 3.05) is 31.6 Å². The first-order chi connectivity index (χ1) is 11.1. The summed E-state index contributed by atoms with van der Waals surface area (Å²) in [6.07, 6.45) is 6.38. The van der Waals surface area contributed by atoms with E-state index in [0.717, 1.165) is 12.2 Å². The van der Waals surface area contributed by atoms with Gasteiger partial charge in [-0.15, -0.1) is 0 Å². The molecule has 23 heavy (non-hydrogen) atoms. The first-order valence-corrected chi connectivity index (χ1v) is 9.82. The molecule has 0 unspecified atom stereocenters. The van der Waals surface area contributed by atoms with Crippen molar-refractivity contribution >= 4 is 15.8 Å². The van der Waals surface area contributed by atoms with Crippen molar-refractivity contribution in [3.63, 3.8) is 0 Å². The molecule has 2 atom stereocenters. The molecule has 1 N–H and O–H groups in total. The lowest BCUT2D eigenvalue weighted by molar-refractivity contribution is 0.0730. The fraction of sp³-hybridized carbons (Fsp3) is 0.688. The van der Waals surface area contributed by atoms with Crippen LogP contribution < -0.4 is 5.32 Å². The summed E-state index contributed by atoms with van der Waals surface area (Å²) in [7, 11) is -3.46. The van der Waals surface area contributed by atoms with Crippen LogP contribution in [0.2, 0.25) is 0 Å². The van der Waals surface area contributed by atoms with E-state index in [4.69, 9.17) is 4.74 Å². The predicted molar refractivity (Wildman–Crippen MR) is 88.9 cm³/mol. The lowest BCUT2D eigenvalue weighted by Gasteiger charge is -2.30. The van der Waals surface area contributed by atoms with E-state index in [1.807, 2.05) is 0 Å². The largest absolute Gasteiger partial charge is 0.379 e. The molecule has 128 valence electrons. The SMILES string of the molecule is C[C@@H]1CCCC[C@H]1Nc1ccc(S(=O)(=O)N2CCOCC2)cn1. The van der Waals surface area contributed by atoms with E-state index in [1.54, 1.807) is 12.1 Å². The fourth-order valence-electron chi connectivity index (χ4n) is 3.27. The molecule has 0 amide bonds. The number of aromatic nitrogens is 1. The van der Waals surface area contributed by atoms with Gasteiger partial charge in [0.1, 0.15) is 10.7 Å². The molecule has 2 fully saturated rings. The first-order valence-electron chi connectivity index (χ1n) is 8.38. The molecule has 2 heterocycles. The third-order valence-corrected chi connectivity index (χ3v) is 6.67. The van der Waals surface area contributed by atoms with Crippen LogP contribution in [0.4, 0.5) is 5.82 Å². The molecule has 0 aromatic carbocycles. The Bertz CT molecular complexity index is 612. The molecule has 0 bridgehead atoms. The highest BCUT2D eigenvalue weighted by molar-refractivity contribution is 7.89. The number of hydrogen-bond acceptors (Lipinski definition) is 5. The lowest BCUT2D eigenvalue weighted by atomic mass is 9.86. The number of anilines is 1. The molecule has 1 aromatic rings. The molecule has 7 heteroatoms. The summed E-state index contributed by atoms with van der Waals surface area (Å²) in [4.78, 5) is 4.57. The van der Waals surface area contributed by atoms with E-state index >= 15 is 0 Å². The van der Waals surface area contributed by atoms with Gasteiger partial charge in [0.05, 0.1) is 13.2 Å². The van der Waals surface area contributed by atoms with E-state index in [2.05, 4.69) is 17.2 Å². The second-order valence-corrected chi connectivity index (χ2v) is 8.35. The third-order valence-electron chi connectivity index (χ3n) is 4.79. The number of nitrogens with one attached hydrogen (secondary N) is 1. The number of sulfonamides is 1. The minimum Gasteiger partial charge on any atom is -0.379 e. The van der Waals surface area contributed by atoms with Crippen LogP contribution in [-0.4, -0.2) is 50.1 Å². The molecule has 1 saturated carbocycles. The van der Waals surface area contributed by atoms with E-state index in [-0.39, 0.29) is 4.90 Å². The topological polar surface area (TPSA) is 71.5 Å². The van der Waals surface area contributed by atoms with Gasteiger partial charge in [0, 0.05) is 25.3 Å². The maximum Gasteiger partial charge on any atom is 0.244 e. The quantitative estimate of drug-likeness (QED) is 0.909. The van der Waals surface area contributed by atoms with Crippen molar-refractivity contribution in [3.05, 3.63) is 18.3 Å². The Kier molecular flexibility index (Phi) is 5.18. The zero-order valence-electron chi connectivity index (χ0n) is 13.6. The number of ether oxygens (including phenoxy) is 1. The monoisotopic (exact) mass is 339 g/mol. The molecule has 1 saturated heterocycles. The van der Waals surface area contributed by atoms with Crippen molar-refractivity contribution < 1.29 is 13.2 Å². The summed E-state index contributed by atoms with van der Waals surface area (Å²) in [6, 6.07) is 3.85. The Morgan fingerprint density at radius 3 is 2.61 bits per heavy atom. The molecule has 0 spiro atoms. The van der Waals surface area contributed by atoms with Crippen LogP contribution in [0.3, 0.4) is 0 Å². The molecular formula is C16H25N3O3S. The van der Waals surface area contributed by atoms with Crippen LogP contribution >= 0.6 is 0 Å². The Morgan fingerprint density at radius 1 is 1.22 bits per heavy atom. The Hall–Kier alpha value is -1.18. The minimum atomic E-state index is -3.46. The third kappa shape index (κ3) is 3.84. The maximum atomic E-state index is 12.6. The van der Waals surface area contributed by atoms with Gasteiger partial charge >= 0.3 is 0 Å². The first kappa shape index (κ1) is 16.7. The Balaban J connectivity index is 1.68. The number of hydrogen-bond donors (Lipinski definition) is 1. The number of morpholine rings is 1. The van der Waals surface area contributed by atoms with Gasteiger partial charge in [0.25, 0.3) is 0 Å². The van der Waals surface area contributed by atoms with Gasteiger partial charge in [-0.2, -0.15) is 4.31 Å². The summed E-state index contributed by atoms with van der Waals surface area (Å²) in [5, 5.41) is 3.45. The fourth-order valence-corrected chi connectivity index (χ4v) is 4.63. The Morgan fingerprint density at radius 2 is 1.96 bits per heavy atom. The normalized spacial score (nSPS) is 26.8. The second kappa shape index (κ2) is 7.15. The molecule has 1 aliphatic carbocycles. The average Bonchev–Trinajstić information content (AvgIpc) is 2.58. The van der Waals surface area contributed by atoms with Gasteiger partial charge in [0.15, 0.2) is 0 Å². The van der Waals surface area contributed by atoms with Crippen molar-refractivity contribution in [1.29, 1.82) is 0 Å². The molecule has 1 aromatic heterocycles. The minimum absolute atomic E-state index is 0.252. The summed E-state index contributed by atoms with van der Waals surface area (Å²) >= 11 is 0. The van der Waals surface area contributed by atoms with Crippen molar-refractivity contribution in [2.45, 2.75) is 43.5 Å². The van der Waals surface area contributed by atoms with Gasteiger partial charge in [-0.25, -0.2) is 13.4 Å². The zero-order valence-corrected chi connectivity index (χ0v) is 14.4. The molecular weight excluding hydrogens is 314 g/mol. The van der Waals surface area contributed by atoms with Crippen LogP contribution in [0.5, 0.6) is 0 Å². The molecule has 1 aliphatic heterocycles. The van der Waals surface area contributed by atoms with Crippen molar-refractivity contribution in [1.82, 2.24) is 9.29 Å². The molecule has 0 radical (unpaired) electrons. The van der Waals surface area contributed by atoms with Crippen LogP contribution in [0.15, 0.2) is 23.2 Å². The smallest absolute Gasteiger partial charge is 0.244 e. The highest BCUT2D eigenvalue weighted by Gasteiger charge is 2.27. The van der Waals surface area contributed by atoms with Crippen LogP contribution in [0.1, 0.15) is 32.6 Å².